The Bertz CT molecular complexity index is 371. The van der Waals surface area contributed by atoms with E-state index in [9.17, 15) is 0 Å². The maximum absolute atomic E-state index is 3.67. The van der Waals surface area contributed by atoms with Gasteiger partial charge in [-0.1, -0.05) is 31.2 Å². The lowest BCUT2D eigenvalue weighted by Gasteiger charge is -2.24. The van der Waals surface area contributed by atoms with E-state index in [1.165, 1.54) is 43.6 Å². The lowest BCUT2D eigenvalue weighted by Crippen LogP contribution is -2.40. The highest BCUT2D eigenvalue weighted by atomic mass is 15.2. The van der Waals surface area contributed by atoms with Crippen molar-refractivity contribution in [2.45, 2.75) is 38.8 Å². The fourth-order valence-electron chi connectivity index (χ4n) is 3.40. The summed E-state index contributed by atoms with van der Waals surface area (Å²) in [6.07, 6.45) is 3.92. The van der Waals surface area contributed by atoms with Gasteiger partial charge in [0.25, 0.3) is 0 Å². The lowest BCUT2D eigenvalue weighted by atomic mass is 9.94. The van der Waals surface area contributed by atoms with Gasteiger partial charge < -0.3 is 5.32 Å². The molecule has 0 bridgehead atoms. The van der Waals surface area contributed by atoms with Crippen LogP contribution in [-0.4, -0.2) is 30.6 Å². The molecule has 1 aromatic carbocycles. The smallest absolute Gasteiger partial charge is 0.0235 e. The molecular formula is C16H24N2. The molecule has 2 unspecified atom stereocenters. The number of likely N-dealkylation sites (tertiary alicyclic amines) is 1. The van der Waals surface area contributed by atoms with Crippen molar-refractivity contribution in [2.75, 3.05) is 19.6 Å². The summed E-state index contributed by atoms with van der Waals surface area (Å²) in [6, 6.07) is 9.91. The van der Waals surface area contributed by atoms with E-state index in [-0.39, 0.29) is 0 Å². The molecule has 0 amide bonds. The predicted molar refractivity (Wildman–Crippen MR) is 75.6 cm³/mol. The summed E-state index contributed by atoms with van der Waals surface area (Å²) >= 11 is 0. The van der Waals surface area contributed by atoms with Crippen LogP contribution in [-0.2, 0) is 13.0 Å². The molecule has 0 spiro atoms. The number of fused-ring (bicyclic) bond motifs is 1. The van der Waals surface area contributed by atoms with E-state index in [1.54, 1.807) is 0 Å². The second-order valence-corrected chi connectivity index (χ2v) is 5.83. The molecule has 2 saturated heterocycles. The van der Waals surface area contributed by atoms with Crippen LogP contribution >= 0.6 is 0 Å². The molecule has 3 rings (SSSR count). The van der Waals surface area contributed by atoms with Crippen molar-refractivity contribution >= 4 is 0 Å². The zero-order valence-corrected chi connectivity index (χ0v) is 11.4. The van der Waals surface area contributed by atoms with E-state index in [0.29, 0.717) is 0 Å². The highest BCUT2D eigenvalue weighted by molar-refractivity contribution is 5.22. The molecule has 18 heavy (non-hydrogen) atoms. The van der Waals surface area contributed by atoms with Crippen LogP contribution in [0.25, 0.3) is 0 Å². The molecule has 98 valence electrons. The van der Waals surface area contributed by atoms with Crippen molar-refractivity contribution in [2.24, 2.45) is 5.92 Å². The molecule has 0 radical (unpaired) electrons. The summed E-state index contributed by atoms with van der Waals surface area (Å²) in [5.41, 5.74) is 2.90. The third-order valence-corrected chi connectivity index (χ3v) is 4.51. The molecule has 2 heteroatoms. The molecule has 2 nitrogen and oxygen atoms in total. The number of hydrogen-bond donors (Lipinski definition) is 1. The van der Waals surface area contributed by atoms with Crippen LogP contribution in [0.15, 0.2) is 24.3 Å². The van der Waals surface area contributed by atoms with Crippen LogP contribution in [0.1, 0.15) is 30.9 Å². The second kappa shape index (κ2) is 5.41. The zero-order valence-electron chi connectivity index (χ0n) is 11.4. The standard InChI is InChI=1S/C16H24N2/c1-2-13-5-7-14(8-6-13)10-18-11-15-4-3-9-17-16(15)12-18/h5-8,15-17H,2-4,9-12H2,1H3. The molecule has 1 N–H and O–H groups in total. The first kappa shape index (κ1) is 12.2. The Hall–Kier alpha value is -0.860. The van der Waals surface area contributed by atoms with Gasteiger partial charge >= 0.3 is 0 Å². The first-order valence-corrected chi connectivity index (χ1v) is 7.38. The average Bonchev–Trinajstić information content (AvgIpc) is 2.82. The van der Waals surface area contributed by atoms with E-state index in [2.05, 4.69) is 41.4 Å². The van der Waals surface area contributed by atoms with E-state index in [0.717, 1.165) is 24.9 Å². The van der Waals surface area contributed by atoms with Gasteiger partial charge in [-0.15, -0.1) is 0 Å². The fraction of sp³-hybridized carbons (Fsp3) is 0.625. The van der Waals surface area contributed by atoms with E-state index >= 15 is 0 Å². The van der Waals surface area contributed by atoms with Gasteiger partial charge in [0.05, 0.1) is 0 Å². The molecule has 2 fully saturated rings. The summed E-state index contributed by atoms with van der Waals surface area (Å²) < 4.78 is 0. The van der Waals surface area contributed by atoms with Gasteiger partial charge in [-0.2, -0.15) is 0 Å². The third kappa shape index (κ3) is 2.60. The molecule has 2 aliphatic rings. The Kier molecular flexibility index (Phi) is 3.67. The van der Waals surface area contributed by atoms with Crippen molar-refractivity contribution in [1.82, 2.24) is 10.2 Å². The Morgan fingerprint density at radius 3 is 2.67 bits per heavy atom. The number of benzene rings is 1. The normalized spacial score (nSPS) is 28.3. The van der Waals surface area contributed by atoms with Crippen LogP contribution in [0, 0.1) is 5.92 Å². The van der Waals surface area contributed by atoms with Crippen molar-refractivity contribution in [3.05, 3.63) is 35.4 Å². The minimum Gasteiger partial charge on any atom is -0.312 e. The molecule has 0 aromatic heterocycles. The van der Waals surface area contributed by atoms with E-state index in [1.807, 2.05) is 0 Å². The van der Waals surface area contributed by atoms with Crippen LogP contribution < -0.4 is 5.32 Å². The number of aryl methyl sites for hydroxylation is 1. The first-order chi connectivity index (χ1) is 8.85. The van der Waals surface area contributed by atoms with Gasteiger partial charge in [0.1, 0.15) is 0 Å². The van der Waals surface area contributed by atoms with Gasteiger partial charge in [0.2, 0.25) is 0 Å². The van der Waals surface area contributed by atoms with E-state index in [4.69, 9.17) is 0 Å². The van der Waals surface area contributed by atoms with Gasteiger partial charge in [0.15, 0.2) is 0 Å². The number of rotatable bonds is 3. The summed E-state index contributed by atoms with van der Waals surface area (Å²) in [5, 5.41) is 3.67. The molecule has 1 aromatic rings. The maximum Gasteiger partial charge on any atom is 0.0235 e. The largest absolute Gasteiger partial charge is 0.312 e. The van der Waals surface area contributed by atoms with Gasteiger partial charge in [-0.05, 0) is 42.9 Å². The Balaban J connectivity index is 1.59. The summed E-state index contributed by atoms with van der Waals surface area (Å²) in [5.74, 6) is 0.897. The quantitative estimate of drug-likeness (QED) is 0.878. The average molecular weight is 244 g/mol. The molecule has 2 aliphatic heterocycles. The second-order valence-electron chi connectivity index (χ2n) is 5.83. The maximum atomic E-state index is 3.67. The van der Waals surface area contributed by atoms with Crippen molar-refractivity contribution in [3.8, 4) is 0 Å². The number of hydrogen-bond acceptors (Lipinski definition) is 2. The highest BCUT2D eigenvalue weighted by Crippen LogP contribution is 2.26. The third-order valence-electron chi connectivity index (χ3n) is 4.51. The van der Waals surface area contributed by atoms with Crippen molar-refractivity contribution in [3.63, 3.8) is 0 Å². The molecule has 2 atom stereocenters. The zero-order chi connectivity index (χ0) is 12.4. The van der Waals surface area contributed by atoms with Crippen LogP contribution in [0.4, 0.5) is 0 Å². The summed E-state index contributed by atoms with van der Waals surface area (Å²) in [4.78, 5) is 2.62. The minimum absolute atomic E-state index is 0.758. The monoisotopic (exact) mass is 244 g/mol. The van der Waals surface area contributed by atoms with Crippen LogP contribution in [0.3, 0.4) is 0 Å². The topological polar surface area (TPSA) is 15.3 Å². The Morgan fingerprint density at radius 1 is 1.17 bits per heavy atom. The van der Waals surface area contributed by atoms with Crippen LogP contribution in [0.2, 0.25) is 0 Å². The van der Waals surface area contributed by atoms with Crippen molar-refractivity contribution in [1.29, 1.82) is 0 Å². The van der Waals surface area contributed by atoms with Gasteiger partial charge in [-0.25, -0.2) is 0 Å². The van der Waals surface area contributed by atoms with Gasteiger partial charge in [0, 0.05) is 25.7 Å². The Labute approximate surface area is 110 Å². The summed E-state index contributed by atoms with van der Waals surface area (Å²) in [7, 11) is 0. The SMILES string of the molecule is CCc1ccc(CN2CC3CCCNC3C2)cc1. The lowest BCUT2D eigenvalue weighted by molar-refractivity contribution is 0.312. The predicted octanol–water partition coefficient (Wildman–Crippen LogP) is 2.43. The number of piperidine rings is 1. The molecule has 2 heterocycles. The van der Waals surface area contributed by atoms with E-state index < -0.39 is 0 Å². The van der Waals surface area contributed by atoms with Crippen molar-refractivity contribution < 1.29 is 0 Å². The number of nitrogens with one attached hydrogen (secondary N) is 1. The van der Waals surface area contributed by atoms with Crippen LogP contribution in [0.5, 0.6) is 0 Å². The number of nitrogens with zero attached hydrogens (tertiary/aromatic N) is 1. The first-order valence-electron chi connectivity index (χ1n) is 7.38. The Morgan fingerprint density at radius 2 is 1.94 bits per heavy atom. The molecular weight excluding hydrogens is 220 g/mol. The highest BCUT2D eigenvalue weighted by Gasteiger charge is 2.33. The van der Waals surface area contributed by atoms with Gasteiger partial charge in [-0.3, -0.25) is 4.90 Å². The summed E-state index contributed by atoms with van der Waals surface area (Å²) in [6.45, 7) is 7.08. The molecule has 0 saturated carbocycles. The fourth-order valence-corrected chi connectivity index (χ4v) is 3.40. The molecule has 0 aliphatic carbocycles. The minimum atomic E-state index is 0.758.